The Morgan fingerprint density at radius 2 is 1.72 bits per heavy atom. The zero-order valence-corrected chi connectivity index (χ0v) is 19.4. The summed E-state index contributed by atoms with van der Waals surface area (Å²) < 4.78 is 0. The number of benzene rings is 2. The Kier molecular flexibility index (Phi) is 7.20. The van der Waals surface area contributed by atoms with E-state index < -0.39 is 6.04 Å². The summed E-state index contributed by atoms with van der Waals surface area (Å²) in [7, 11) is 0. The van der Waals surface area contributed by atoms with Crippen LogP contribution in [0.2, 0.25) is 0 Å². The second kappa shape index (κ2) is 10.3. The molecule has 2 aromatic carbocycles. The smallest absolute Gasteiger partial charge is 0.257 e. The van der Waals surface area contributed by atoms with E-state index in [1.54, 1.807) is 0 Å². The number of thiocarbonyl (C=S) groups is 1. The van der Waals surface area contributed by atoms with Crippen molar-refractivity contribution in [3.05, 3.63) is 65.7 Å². The standard InChI is InChI=1S/C26H31N3O2S/c1-19-12-14-22(15-13-19)29-24(30)18-23(25(29)31)28(17-16-20-8-4-2-5-9-20)26(32)27-21-10-6-3-7-11-21/h2,4-5,8-9,12-15,21,23H,3,6-7,10-11,16-18H2,1H3,(H,27,32)/t23-/m0/s1. The van der Waals surface area contributed by atoms with Crippen LogP contribution in [0.4, 0.5) is 5.69 Å². The van der Waals surface area contributed by atoms with Gasteiger partial charge in [0.25, 0.3) is 5.91 Å². The number of anilines is 1. The van der Waals surface area contributed by atoms with Crippen molar-refractivity contribution < 1.29 is 9.59 Å². The maximum atomic E-state index is 13.4. The number of aryl methyl sites for hydroxylation is 1. The molecule has 0 bridgehead atoms. The van der Waals surface area contributed by atoms with Crippen molar-refractivity contribution in [2.24, 2.45) is 0 Å². The van der Waals surface area contributed by atoms with E-state index in [2.05, 4.69) is 17.4 Å². The van der Waals surface area contributed by atoms with E-state index in [-0.39, 0.29) is 18.2 Å². The molecule has 1 heterocycles. The van der Waals surface area contributed by atoms with Crippen LogP contribution in [0.25, 0.3) is 0 Å². The number of nitrogens with zero attached hydrogens (tertiary/aromatic N) is 2. The topological polar surface area (TPSA) is 52.7 Å². The number of nitrogens with one attached hydrogen (secondary N) is 1. The first-order valence-corrected chi connectivity index (χ1v) is 12.0. The van der Waals surface area contributed by atoms with Gasteiger partial charge in [-0.2, -0.15) is 0 Å². The molecule has 0 aromatic heterocycles. The molecule has 1 saturated carbocycles. The predicted octanol–water partition coefficient (Wildman–Crippen LogP) is 4.38. The molecule has 32 heavy (non-hydrogen) atoms. The van der Waals surface area contributed by atoms with Gasteiger partial charge >= 0.3 is 0 Å². The molecule has 0 radical (unpaired) electrons. The number of hydrogen-bond donors (Lipinski definition) is 1. The largest absolute Gasteiger partial charge is 0.360 e. The lowest BCUT2D eigenvalue weighted by Crippen LogP contribution is -2.52. The fourth-order valence-corrected chi connectivity index (χ4v) is 5.01. The van der Waals surface area contributed by atoms with E-state index >= 15 is 0 Å². The van der Waals surface area contributed by atoms with Gasteiger partial charge in [-0.3, -0.25) is 9.59 Å². The van der Waals surface area contributed by atoms with E-state index in [4.69, 9.17) is 12.2 Å². The van der Waals surface area contributed by atoms with Crippen molar-refractivity contribution in [2.75, 3.05) is 11.4 Å². The Balaban J connectivity index is 1.53. The predicted molar refractivity (Wildman–Crippen MR) is 132 cm³/mol. The molecule has 168 valence electrons. The monoisotopic (exact) mass is 449 g/mol. The van der Waals surface area contributed by atoms with Crippen LogP contribution in [0.15, 0.2) is 54.6 Å². The third-order valence-electron chi connectivity index (χ3n) is 6.47. The fourth-order valence-electron chi connectivity index (χ4n) is 4.62. The molecule has 0 unspecified atom stereocenters. The summed E-state index contributed by atoms with van der Waals surface area (Å²) >= 11 is 5.81. The fraction of sp³-hybridized carbons (Fsp3) is 0.423. The summed E-state index contributed by atoms with van der Waals surface area (Å²) in [6.07, 6.45) is 6.77. The van der Waals surface area contributed by atoms with Crippen molar-refractivity contribution in [1.82, 2.24) is 10.2 Å². The van der Waals surface area contributed by atoms with E-state index in [1.165, 1.54) is 29.7 Å². The van der Waals surface area contributed by atoms with Crippen molar-refractivity contribution in [1.29, 1.82) is 0 Å². The second-order valence-electron chi connectivity index (χ2n) is 8.84. The van der Waals surface area contributed by atoms with Crippen LogP contribution in [0, 0.1) is 6.92 Å². The molecule has 2 fully saturated rings. The van der Waals surface area contributed by atoms with E-state index in [0.29, 0.717) is 23.4 Å². The van der Waals surface area contributed by atoms with Crippen molar-refractivity contribution >= 4 is 34.8 Å². The van der Waals surface area contributed by atoms with Gasteiger partial charge in [0.2, 0.25) is 5.91 Å². The zero-order valence-electron chi connectivity index (χ0n) is 18.6. The summed E-state index contributed by atoms with van der Waals surface area (Å²) in [5.74, 6) is -0.367. The molecule has 0 spiro atoms. The lowest BCUT2D eigenvalue weighted by Gasteiger charge is -2.33. The van der Waals surface area contributed by atoms with Crippen LogP contribution in [0.5, 0.6) is 0 Å². The van der Waals surface area contributed by atoms with Crippen LogP contribution in [-0.4, -0.2) is 40.5 Å². The van der Waals surface area contributed by atoms with E-state index in [9.17, 15) is 9.59 Å². The third kappa shape index (κ3) is 5.18. The Morgan fingerprint density at radius 1 is 1.03 bits per heavy atom. The molecular weight excluding hydrogens is 418 g/mol. The second-order valence-corrected chi connectivity index (χ2v) is 9.22. The quantitative estimate of drug-likeness (QED) is 0.524. The minimum absolute atomic E-state index is 0.147. The summed E-state index contributed by atoms with van der Waals surface area (Å²) in [5.41, 5.74) is 2.90. The molecule has 1 N–H and O–H groups in total. The van der Waals surface area contributed by atoms with Gasteiger partial charge in [0.1, 0.15) is 6.04 Å². The van der Waals surface area contributed by atoms with Gasteiger partial charge in [-0.05, 0) is 56.1 Å². The van der Waals surface area contributed by atoms with Crippen molar-refractivity contribution in [3.63, 3.8) is 0 Å². The summed E-state index contributed by atoms with van der Waals surface area (Å²) in [6.45, 7) is 2.58. The van der Waals surface area contributed by atoms with Gasteiger partial charge in [0.15, 0.2) is 5.11 Å². The molecule has 4 rings (SSSR count). The Morgan fingerprint density at radius 3 is 2.41 bits per heavy atom. The van der Waals surface area contributed by atoms with E-state index in [0.717, 1.165) is 24.8 Å². The van der Waals surface area contributed by atoms with Crippen molar-refractivity contribution in [2.45, 2.75) is 64.0 Å². The minimum Gasteiger partial charge on any atom is -0.360 e. The maximum Gasteiger partial charge on any atom is 0.257 e. The molecule has 2 amide bonds. The molecule has 1 atom stereocenters. The number of carbonyl (C=O) groups is 2. The van der Waals surface area contributed by atoms with Gasteiger partial charge in [-0.15, -0.1) is 0 Å². The van der Waals surface area contributed by atoms with Gasteiger partial charge < -0.3 is 10.2 Å². The first kappa shape index (κ1) is 22.5. The molecule has 1 aliphatic heterocycles. The summed E-state index contributed by atoms with van der Waals surface area (Å²) in [4.78, 5) is 29.6. The lowest BCUT2D eigenvalue weighted by molar-refractivity contribution is -0.122. The molecule has 2 aliphatic rings. The third-order valence-corrected chi connectivity index (χ3v) is 6.82. The number of rotatable bonds is 6. The SMILES string of the molecule is Cc1ccc(N2C(=O)C[C@H](N(CCc3ccccc3)C(=S)NC3CCCCC3)C2=O)cc1. The molecule has 2 aromatic rings. The van der Waals surface area contributed by atoms with Gasteiger partial charge in [-0.1, -0.05) is 67.3 Å². The number of carbonyl (C=O) groups excluding carboxylic acids is 2. The van der Waals surface area contributed by atoms with Crippen LogP contribution in [0.1, 0.15) is 49.7 Å². The van der Waals surface area contributed by atoms with Crippen LogP contribution in [0.3, 0.4) is 0 Å². The molecule has 5 nitrogen and oxygen atoms in total. The highest BCUT2D eigenvalue weighted by molar-refractivity contribution is 7.80. The van der Waals surface area contributed by atoms with Crippen LogP contribution >= 0.6 is 12.2 Å². The Bertz CT molecular complexity index is 955. The van der Waals surface area contributed by atoms with Crippen LogP contribution < -0.4 is 10.2 Å². The van der Waals surface area contributed by atoms with E-state index in [1.807, 2.05) is 54.3 Å². The van der Waals surface area contributed by atoms with Crippen molar-refractivity contribution in [3.8, 4) is 0 Å². The highest BCUT2D eigenvalue weighted by atomic mass is 32.1. The van der Waals surface area contributed by atoms with Gasteiger partial charge in [0, 0.05) is 12.6 Å². The number of hydrogen-bond acceptors (Lipinski definition) is 3. The van der Waals surface area contributed by atoms with Crippen LogP contribution in [-0.2, 0) is 16.0 Å². The average molecular weight is 450 g/mol. The summed E-state index contributed by atoms with van der Waals surface area (Å²) in [6, 6.07) is 17.5. The molecular formula is C26H31N3O2S. The van der Waals surface area contributed by atoms with Gasteiger partial charge in [-0.25, -0.2) is 4.90 Å². The normalized spacial score (nSPS) is 19.3. The highest BCUT2D eigenvalue weighted by Crippen LogP contribution is 2.27. The minimum atomic E-state index is -0.573. The Labute approximate surface area is 195 Å². The maximum absolute atomic E-state index is 13.4. The lowest BCUT2D eigenvalue weighted by atomic mass is 9.96. The number of imide groups is 1. The number of amides is 2. The van der Waals surface area contributed by atoms with Gasteiger partial charge in [0.05, 0.1) is 12.1 Å². The molecule has 6 heteroatoms. The average Bonchev–Trinajstić information content (AvgIpc) is 3.09. The Hall–Kier alpha value is -2.73. The first-order chi connectivity index (χ1) is 15.5. The summed E-state index contributed by atoms with van der Waals surface area (Å²) in [5, 5.41) is 4.09. The first-order valence-electron chi connectivity index (χ1n) is 11.6. The molecule has 1 saturated heterocycles. The highest BCUT2D eigenvalue weighted by Gasteiger charge is 2.43. The zero-order chi connectivity index (χ0) is 22.5. The molecule has 1 aliphatic carbocycles.